The molecule has 8 heteroatoms. The Balaban J connectivity index is 1.41. The maximum absolute atomic E-state index is 12.0. The zero-order chi connectivity index (χ0) is 22.3. The highest BCUT2D eigenvalue weighted by Gasteiger charge is 2.56. The number of halogens is 1. The minimum absolute atomic E-state index is 0.0946. The molecule has 0 aliphatic carbocycles. The lowest BCUT2D eigenvalue weighted by Crippen LogP contribution is -2.55. The summed E-state index contributed by atoms with van der Waals surface area (Å²) in [5.74, 6) is -3.39. The van der Waals surface area contributed by atoms with Gasteiger partial charge in [0, 0.05) is 29.9 Å². The van der Waals surface area contributed by atoms with E-state index in [1.165, 1.54) is 5.56 Å². The number of ether oxygens (including phenoxy) is 2. The van der Waals surface area contributed by atoms with E-state index in [4.69, 9.17) is 21.1 Å². The van der Waals surface area contributed by atoms with Gasteiger partial charge in [0.2, 0.25) is 0 Å². The van der Waals surface area contributed by atoms with Crippen LogP contribution in [0.25, 0.3) is 11.1 Å². The third kappa shape index (κ3) is 3.89. The normalized spacial score (nSPS) is 20.4. The summed E-state index contributed by atoms with van der Waals surface area (Å²) in [5, 5.41) is 5.18. The molecule has 2 saturated heterocycles. The Morgan fingerprint density at radius 2 is 1.88 bits per heavy atom. The van der Waals surface area contributed by atoms with Crippen molar-refractivity contribution in [2.24, 2.45) is 0 Å². The van der Waals surface area contributed by atoms with E-state index < -0.39 is 17.8 Å². The molecule has 32 heavy (non-hydrogen) atoms. The number of carbonyl (C=O) groups is 2. The van der Waals surface area contributed by atoms with Crippen molar-refractivity contribution in [3.63, 3.8) is 0 Å². The summed E-state index contributed by atoms with van der Waals surface area (Å²) in [6, 6.07) is 15.6. The van der Waals surface area contributed by atoms with Crippen molar-refractivity contribution in [2.75, 3.05) is 6.54 Å². The van der Waals surface area contributed by atoms with Crippen LogP contribution in [0.15, 0.2) is 60.9 Å². The fraction of sp³-hybridized carbons (Fsp3) is 0.292. The molecule has 0 amide bonds. The first-order chi connectivity index (χ1) is 15.4. The van der Waals surface area contributed by atoms with Gasteiger partial charge in [-0.05, 0) is 36.6 Å². The van der Waals surface area contributed by atoms with E-state index in [1.54, 1.807) is 6.07 Å². The minimum Gasteiger partial charge on any atom is -0.400 e. The zero-order valence-electron chi connectivity index (χ0n) is 17.5. The van der Waals surface area contributed by atoms with Gasteiger partial charge >= 0.3 is 17.8 Å². The number of esters is 2. The maximum atomic E-state index is 12.0. The molecule has 2 fully saturated rings. The van der Waals surface area contributed by atoms with E-state index in [9.17, 15) is 9.59 Å². The van der Waals surface area contributed by atoms with Crippen molar-refractivity contribution >= 4 is 23.5 Å². The third-order valence-electron chi connectivity index (χ3n) is 5.97. The van der Waals surface area contributed by atoms with Crippen molar-refractivity contribution < 1.29 is 19.1 Å². The number of hydrogen-bond donors (Lipinski definition) is 0. The lowest BCUT2D eigenvalue weighted by molar-refractivity contribution is -0.273. The molecule has 7 nitrogen and oxygen atoms in total. The van der Waals surface area contributed by atoms with Crippen LogP contribution in [-0.4, -0.2) is 39.1 Å². The van der Waals surface area contributed by atoms with Crippen molar-refractivity contribution in [1.82, 2.24) is 14.7 Å². The van der Waals surface area contributed by atoms with Crippen LogP contribution in [0.2, 0.25) is 5.02 Å². The molecule has 3 heterocycles. The Hall–Kier alpha value is -3.16. The maximum Gasteiger partial charge on any atom is 0.421 e. The molecular formula is C24H22ClN3O4. The lowest BCUT2D eigenvalue weighted by Gasteiger charge is -2.43. The predicted molar refractivity (Wildman–Crippen MR) is 117 cm³/mol. The first-order valence-electron chi connectivity index (χ1n) is 10.5. The Morgan fingerprint density at radius 3 is 2.62 bits per heavy atom. The predicted octanol–water partition coefficient (Wildman–Crippen LogP) is 4.10. The molecule has 1 unspecified atom stereocenters. The molecule has 1 atom stereocenters. The van der Waals surface area contributed by atoms with Gasteiger partial charge in [-0.15, -0.1) is 0 Å². The highest BCUT2D eigenvalue weighted by molar-refractivity contribution is 6.31. The summed E-state index contributed by atoms with van der Waals surface area (Å²) in [6.45, 7) is 3.04. The van der Waals surface area contributed by atoms with Crippen LogP contribution in [-0.2, 0) is 25.6 Å². The molecule has 2 aliphatic rings. The van der Waals surface area contributed by atoms with Crippen molar-refractivity contribution in [3.05, 3.63) is 77.1 Å². The number of aromatic nitrogens is 2. The molecule has 1 spiro atoms. The monoisotopic (exact) mass is 451 g/mol. The van der Waals surface area contributed by atoms with Gasteiger partial charge in [-0.2, -0.15) is 5.10 Å². The number of piperidine rings is 1. The SMILES string of the molecule is Cc1cccc(-c2cnn(C3CCN(Cc4cccc(Cl)c4)C4(C3)OC(=O)C(=O)O4)c2)c1. The Kier molecular flexibility index (Phi) is 5.23. The van der Waals surface area contributed by atoms with Crippen LogP contribution < -0.4 is 0 Å². The average Bonchev–Trinajstić information content (AvgIpc) is 3.35. The second kappa shape index (κ2) is 8.07. The Bertz CT molecular complexity index is 1180. The van der Waals surface area contributed by atoms with Gasteiger partial charge in [0.1, 0.15) is 0 Å². The van der Waals surface area contributed by atoms with E-state index >= 15 is 0 Å². The molecule has 0 saturated carbocycles. The van der Waals surface area contributed by atoms with Crippen molar-refractivity contribution in [2.45, 2.75) is 38.3 Å². The highest BCUT2D eigenvalue weighted by atomic mass is 35.5. The summed E-state index contributed by atoms with van der Waals surface area (Å²) in [4.78, 5) is 25.9. The molecule has 3 aromatic rings. The summed E-state index contributed by atoms with van der Waals surface area (Å²) < 4.78 is 12.9. The van der Waals surface area contributed by atoms with Gasteiger partial charge in [0.05, 0.1) is 18.7 Å². The second-order valence-electron chi connectivity index (χ2n) is 8.27. The topological polar surface area (TPSA) is 73.7 Å². The molecule has 0 radical (unpaired) electrons. The smallest absolute Gasteiger partial charge is 0.400 e. The quantitative estimate of drug-likeness (QED) is 0.439. The molecule has 0 bridgehead atoms. The number of aryl methyl sites for hydroxylation is 1. The van der Waals surface area contributed by atoms with Crippen LogP contribution in [0.3, 0.4) is 0 Å². The van der Waals surface area contributed by atoms with Crippen LogP contribution in [0, 0.1) is 6.92 Å². The molecule has 2 aliphatic heterocycles. The van der Waals surface area contributed by atoms with Gasteiger partial charge in [-0.1, -0.05) is 53.6 Å². The van der Waals surface area contributed by atoms with Gasteiger partial charge in [0.15, 0.2) is 0 Å². The largest absolute Gasteiger partial charge is 0.421 e. The van der Waals surface area contributed by atoms with Crippen LogP contribution in [0.5, 0.6) is 0 Å². The number of nitrogens with zero attached hydrogens (tertiary/aromatic N) is 3. The number of hydrogen-bond acceptors (Lipinski definition) is 6. The fourth-order valence-corrected chi connectivity index (χ4v) is 4.62. The summed E-state index contributed by atoms with van der Waals surface area (Å²) in [7, 11) is 0. The first kappa shape index (κ1) is 20.7. The van der Waals surface area contributed by atoms with E-state index in [1.807, 2.05) is 52.3 Å². The van der Waals surface area contributed by atoms with Gasteiger partial charge < -0.3 is 9.47 Å². The molecular weight excluding hydrogens is 430 g/mol. The number of likely N-dealkylation sites (tertiary alicyclic amines) is 1. The average molecular weight is 452 g/mol. The summed E-state index contributed by atoms with van der Waals surface area (Å²) in [5.41, 5.74) is 4.20. The van der Waals surface area contributed by atoms with E-state index in [0.29, 0.717) is 24.5 Å². The van der Waals surface area contributed by atoms with Gasteiger partial charge in [-0.25, -0.2) is 14.5 Å². The lowest BCUT2D eigenvalue weighted by atomic mass is 10.00. The highest BCUT2D eigenvalue weighted by Crippen LogP contribution is 2.41. The standard InChI is InChI=1S/C24H22ClN3O4/c1-16-4-2-6-18(10-16)19-13-26-28(15-19)21-8-9-27(14-17-5-3-7-20(25)11-17)24(12-21)31-22(29)23(30)32-24/h2-7,10-11,13,15,21H,8-9,12,14H2,1H3. The van der Waals surface area contributed by atoms with Crippen LogP contribution >= 0.6 is 11.6 Å². The number of benzene rings is 2. The molecule has 2 aromatic carbocycles. The van der Waals surface area contributed by atoms with Gasteiger partial charge in [-0.3, -0.25) is 4.68 Å². The van der Waals surface area contributed by atoms with E-state index in [2.05, 4.69) is 24.2 Å². The zero-order valence-corrected chi connectivity index (χ0v) is 18.3. The Labute approximate surface area is 190 Å². The molecule has 0 N–H and O–H groups in total. The van der Waals surface area contributed by atoms with E-state index in [-0.39, 0.29) is 6.04 Å². The molecule has 164 valence electrons. The van der Waals surface area contributed by atoms with Crippen molar-refractivity contribution in [3.8, 4) is 11.1 Å². The first-order valence-corrected chi connectivity index (χ1v) is 10.9. The van der Waals surface area contributed by atoms with Crippen LogP contribution in [0.1, 0.15) is 30.0 Å². The number of carbonyl (C=O) groups excluding carboxylic acids is 2. The van der Waals surface area contributed by atoms with Crippen LogP contribution in [0.4, 0.5) is 0 Å². The second-order valence-corrected chi connectivity index (χ2v) is 8.70. The minimum atomic E-state index is -1.45. The number of rotatable bonds is 4. The fourth-order valence-electron chi connectivity index (χ4n) is 4.40. The molecule has 1 aromatic heterocycles. The third-order valence-corrected chi connectivity index (χ3v) is 6.20. The van der Waals surface area contributed by atoms with Crippen molar-refractivity contribution in [1.29, 1.82) is 0 Å². The van der Waals surface area contributed by atoms with E-state index in [0.717, 1.165) is 23.1 Å². The van der Waals surface area contributed by atoms with Gasteiger partial charge in [0.25, 0.3) is 0 Å². The summed E-state index contributed by atoms with van der Waals surface area (Å²) in [6.07, 6.45) is 4.86. The summed E-state index contributed by atoms with van der Waals surface area (Å²) >= 11 is 6.12. The molecule has 5 rings (SSSR count). The Morgan fingerprint density at radius 1 is 1.09 bits per heavy atom.